The zero-order valence-electron chi connectivity index (χ0n) is 20.4. The van der Waals surface area contributed by atoms with Crippen molar-refractivity contribution in [3.05, 3.63) is 53.0 Å². The first-order valence-electron chi connectivity index (χ1n) is 11.5. The van der Waals surface area contributed by atoms with Gasteiger partial charge in [0.05, 0.1) is 41.1 Å². The lowest BCUT2D eigenvalue weighted by molar-refractivity contribution is -0.127. The summed E-state index contributed by atoms with van der Waals surface area (Å²) in [6.45, 7) is 7.14. The average molecular weight is 510 g/mol. The van der Waals surface area contributed by atoms with Gasteiger partial charge in [0, 0.05) is 32.8 Å². The number of rotatable bonds is 7. The fourth-order valence-corrected chi connectivity index (χ4v) is 4.82. The molecule has 3 heterocycles. The van der Waals surface area contributed by atoms with E-state index in [1.54, 1.807) is 30.1 Å². The normalized spacial score (nSPS) is 17.2. The van der Waals surface area contributed by atoms with Crippen LogP contribution < -0.4 is 11.1 Å². The Morgan fingerprint density at radius 2 is 2.17 bits per heavy atom. The van der Waals surface area contributed by atoms with Crippen LogP contribution in [-0.2, 0) is 16.1 Å². The van der Waals surface area contributed by atoms with E-state index in [0.29, 0.717) is 36.0 Å². The Kier molecular flexibility index (Phi) is 7.33. The van der Waals surface area contributed by atoms with Gasteiger partial charge in [0.1, 0.15) is 11.4 Å². The first-order chi connectivity index (χ1) is 17.3. The number of methoxy groups -OCH3 is 1. The molecule has 36 heavy (non-hydrogen) atoms. The van der Waals surface area contributed by atoms with Gasteiger partial charge in [-0.05, 0) is 37.5 Å². The van der Waals surface area contributed by atoms with Gasteiger partial charge < -0.3 is 25.3 Å². The Hall–Kier alpha value is -3.81. The largest absolute Gasteiger partial charge is 0.383 e. The molecule has 0 spiro atoms. The Morgan fingerprint density at radius 1 is 1.39 bits per heavy atom. The van der Waals surface area contributed by atoms with Crippen molar-refractivity contribution < 1.29 is 14.3 Å². The number of fused-ring (bicyclic) bond motifs is 1. The third kappa shape index (κ3) is 4.55. The molecule has 0 aliphatic carbocycles. The molecular formula is C25H28ClN7O3. The quantitative estimate of drug-likeness (QED) is 0.373. The number of imidazole rings is 1. The Bertz CT molecular complexity index is 1400. The number of halogens is 1. The minimum absolute atomic E-state index is 0.153. The number of likely N-dealkylation sites (tertiary alicyclic amines) is 1. The first kappa shape index (κ1) is 25.3. The van der Waals surface area contributed by atoms with Crippen LogP contribution in [0.2, 0.25) is 5.02 Å². The SMILES string of the molecule is C=CC(=O)N1CC(n2nc(C#Cc3cc4ncn(CC)c4cc3Cl)c(C(N)=O)c2NC)C[C@@H]1COC. The number of amides is 2. The molecule has 4 rings (SSSR count). The molecule has 3 N–H and O–H groups in total. The lowest BCUT2D eigenvalue weighted by Crippen LogP contribution is -2.37. The Labute approximate surface area is 214 Å². The molecule has 188 valence electrons. The summed E-state index contributed by atoms with van der Waals surface area (Å²) in [6, 6.07) is 3.26. The Balaban J connectivity index is 1.75. The lowest BCUT2D eigenvalue weighted by Gasteiger charge is -2.22. The summed E-state index contributed by atoms with van der Waals surface area (Å²) in [4.78, 5) is 30.9. The number of hydrogen-bond donors (Lipinski definition) is 2. The summed E-state index contributed by atoms with van der Waals surface area (Å²) < 4.78 is 8.97. The average Bonchev–Trinajstić information content (AvgIpc) is 3.56. The Morgan fingerprint density at radius 3 is 2.81 bits per heavy atom. The summed E-state index contributed by atoms with van der Waals surface area (Å²) >= 11 is 6.50. The van der Waals surface area contributed by atoms with Gasteiger partial charge in [-0.1, -0.05) is 24.1 Å². The van der Waals surface area contributed by atoms with Crippen LogP contribution in [0.3, 0.4) is 0 Å². The third-order valence-electron chi connectivity index (χ3n) is 6.31. The number of primary amides is 1. The number of aryl methyl sites for hydroxylation is 1. The van der Waals surface area contributed by atoms with Crippen molar-refractivity contribution in [2.24, 2.45) is 5.73 Å². The van der Waals surface area contributed by atoms with Crippen LogP contribution in [0.1, 0.15) is 41.0 Å². The molecule has 1 aromatic carbocycles. The molecule has 2 amide bonds. The van der Waals surface area contributed by atoms with Gasteiger partial charge in [0.2, 0.25) is 5.91 Å². The maximum atomic E-state index is 12.4. The molecule has 2 aromatic heterocycles. The molecule has 11 heteroatoms. The number of nitrogens with two attached hydrogens (primary N) is 1. The van der Waals surface area contributed by atoms with Crippen molar-refractivity contribution in [2.45, 2.75) is 32.0 Å². The highest BCUT2D eigenvalue weighted by molar-refractivity contribution is 6.32. The van der Waals surface area contributed by atoms with Crippen molar-refractivity contribution in [1.29, 1.82) is 0 Å². The molecule has 1 saturated heterocycles. The molecule has 3 aromatic rings. The van der Waals surface area contributed by atoms with Crippen LogP contribution in [0.4, 0.5) is 5.82 Å². The highest BCUT2D eigenvalue weighted by atomic mass is 35.5. The molecule has 1 fully saturated rings. The van der Waals surface area contributed by atoms with E-state index in [2.05, 4.69) is 33.8 Å². The van der Waals surface area contributed by atoms with Gasteiger partial charge in [-0.25, -0.2) is 9.67 Å². The molecule has 1 aliphatic heterocycles. The zero-order valence-corrected chi connectivity index (χ0v) is 21.2. The topological polar surface area (TPSA) is 120 Å². The van der Waals surface area contributed by atoms with Crippen molar-refractivity contribution in [3.63, 3.8) is 0 Å². The predicted octanol–water partition coefficient (Wildman–Crippen LogP) is 2.42. The maximum absolute atomic E-state index is 12.4. The number of carbonyl (C=O) groups excluding carboxylic acids is 2. The zero-order chi connectivity index (χ0) is 26.0. The van der Waals surface area contributed by atoms with Crippen LogP contribution in [0.25, 0.3) is 11.0 Å². The number of carbonyl (C=O) groups is 2. The standard InChI is InChI=1S/C25H28ClN7O3/c1-5-22(34)32-12-16(10-17(32)13-36-4)33-25(28-3)23(24(27)35)19(30-33)8-7-15-9-20-21(11-18(15)26)31(6-2)14-29-20/h5,9,11,14,16-17,28H,1,6,10,12-13H2,2-4H3,(H2,27,35)/t16?,17-/m1/s1. The molecule has 10 nitrogen and oxygen atoms in total. The molecule has 0 saturated carbocycles. The van der Waals surface area contributed by atoms with Crippen LogP contribution in [0.15, 0.2) is 31.1 Å². The summed E-state index contributed by atoms with van der Waals surface area (Å²) in [5.41, 5.74) is 8.37. The van der Waals surface area contributed by atoms with E-state index in [-0.39, 0.29) is 29.2 Å². The maximum Gasteiger partial charge on any atom is 0.255 e. The summed E-state index contributed by atoms with van der Waals surface area (Å²) in [5.74, 6) is 5.58. The van der Waals surface area contributed by atoms with Crippen molar-refractivity contribution in [1.82, 2.24) is 24.2 Å². The summed E-state index contributed by atoms with van der Waals surface area (Å²) in [5, 5.41) is 8.13. The van der Waals surface area contributed by atoms with E-state index in [4.69, 9.17) is 22.1 Å². The number of hydrogen-bond acceptors (Lipinski definition) is 6. The number of ether oxygens (including phenoxy) is 1. The molecule has 2 atom stereocenters. The van der Waals surface area contributed by atoms with E-state index in [0.717, 1.165) is 17.6 Å². The minimum Gasteiger partial charge on any atom is -0.383 e. The van der Waals surface area contributed by atoms with Crippen molar-refractivity contribution >= 4 is 40.3 Å². The van der Waals surface area contributed by atoms with E-state index < -0.39 is 5.91 Å². The predicted molar refractivity (Wildman–Crippen MR) is 138 cm³/mol. The first-order valence-corrected chi connectivity index (χ1v) is 11.9. The molecule has 0 radical (unpaired) electrons. The van der Waals surface area contributed by atoms with Crippen molar-refractivity contribution in [3.8, 4) is 11.8 Å². The molecule has 0 bridgehead atoms. The molecule has 1 aliphatic rings. The fourth-order valence-electron chi connectivity index (χ4n) is 4.62. The van der Waals surface area contributed by atoms with Crippen LogP contribution in [0.5, 0.6) is 0 Å². The second-order valence-corrected chi connectivity index (χ2v) is 8.83. The van der Waals surface area contributed by atoms with E-state index >= 15 is 0 Å². The number of anilines is 1. The monoisotopic (exact) mass is 509 g/mol. The van der Waals surface area contributed by atoms with Crippen molar-refractivity contribution in [2.75, 3.05) is 32.6 Å². The molecular weight excluding hydrogens is 482 g/mol. The number of benzene rings is 1. The van der Waals surface area contributed by atoms with Gasteiger partial charge in [0.25, 0.3) is 5.91 Å². The third-order valence-corrected chi connectivity index (χ3v) is 6.63. The van der Waals surface area contributed by atoms with E-state index in [1.807, 2.05) is 23.6 Å². The van der Waals surface area contributed by atoms with Crippen LogP contribution >= 0.6 is 11.6 Å². The number of nitrogens with zero attached hydrogens (tertiary/aromatic N) is 5. The van der Waals surface area contributed by atoms with Gasteiger partial charge in [-0.15, -0.1) is 0 Å². The van der Waals surface area contributed by atoms with Crippen LogP contribution in [0, 0.1) is 11.8 Å². The van der Waals surface area contributed by atoms with Gasteiger partial charge in [-0.3, -0.25) is 9.59 Å². The van der Waals surface area contributed by atoms with Crippen LogP contribution in [-0.4, -0.2) is 69.4 Å². The van der Waals surface area contributed by atoms with Gasteiger partial charge >= 0.3 is 0 Å². The summed E-state index contributed by atoms with van der Waals surface area (Å²) in [6.07, 6.45) is 3.61. The second-order valence-electron chi connectivity index (χ2n) is 8.43. The highest BCUT2D eigenvalue weighted by Gasteiger charge is 2.37. The molecule has 1 unspecified atom stereocenters. The highest BCUT2D eigenvalue weighted by Crippen LogP contribution is 2.32. The second kappa shape index (κ2) is 10.4. The summed E-state index contributed by atoms with van der Waals surface area (Å²) in [7, 11) is 3.27. The smallest absolute Gasteiger partial charge is 0.255 e. The number of aromatic nitrogens is 4. The van der Waals surface area contributed by atoms with Gasteiger partial charge in [-0.2, -0.15) is 5.10 Å². The lowest BCUT2D eigenvalue weighted by atomic mass is 10.1. The van der Waals surface area contributed by atoms with E-state index in [9.17, 15) is 9.59 Å². The minimum atomic E-state index is -0.663. The van der Waals surface area contributed by atoms with E-state index in [1.165, 1.54) is 6.08 Å². The fraction of sp³-hybridized carbons (Fsp3) is 0.360. The van der Waals surface area contributed by atoms with Gasteiger partial charge in [0.15, 0.2) is 5.69 Å². The number of nitrogens with one attached hydrogen (secondary N) is 1.